The first-order chi connectivity index (χ1) is 15.5. The third kappa shape index (κ3) is 5.12. The summed E-state index contributed by atoms with van der Waals surface area (Å²) in [6.45, 7) is 0. The third-order valence-electron chi connectivity index (χ3n) is 4.53. The Morgan fingerprint density at radius 3 is 2.19 bits per heavy atom. The van der Waals surface area contributed by atoms with Gasteiger partial charge in [-0.3, -0.25) is 10.1 Å². The molecule has 0 aliphatic heterocycles. The Morgan fingerprint density at radius 1 is 0.906 bits per heavy atom. The fourth-order valence-corrected chi connectivity index (χ4v) is 3.70. The van der Waals surface area contributed by atoms with Crippen molar-refractivity contribution in [1.29, 1.82) is 0 Å². The lowest BCUT2D eigenvalue weighted by atomic mass is 10.1. The molecule has 3 rings (SSSR count). The molecule has 0 radical (unpaired) electrons. The van der Waals surface area contributed by atoms with Gasteiger partial charge in [-0.2, -0.15) is 0 Å². The number of nitrogens with one attached hydrogen (secondary N) is 1. The van der Waals surface area contributed by atoms with Crippen molar-refractivity contribution in [3.8, 4) is 40.0 Å². The number of anilines is 1. The van der Waals surface area contributed by atoms with Gasteiger partial charge in [-0.1, -0.05) is 0 Å². The average molecular weight is 457 g/mol. The van der Waals surface area contributed by atoms with Crippen LogP contribution in [0, 0.1) is 0 Å². The van der Waals surface area contributed by atoms with E-state index >= 15 is 0 Å². The van der Waals surface area contributed by atoms with Crippen molar-refractivity contribution in [2.24, 2.45) is 0 Å². The van der Waals surface area contributed by atoms with E-state index in [-0.39, 0.29) is 5.91 Å². The number of hydrogen-bond acceptors (Lipinski definition) is 8. The lowest BCUT2D eigenvalue weighted by molar-refractivity contribution is -0.111. The molecule has 0 saturated carbocycles. The van der Waals surface area contributed by atoms with E-state index in [2.05, 4.69) is 10.3 Å². The zero-order valence-electron chi connectivity index (χ0n) is 18.4. The second-order valence-electron chi connectivity index (χ2n) is 6.39. The van der Waals surface area contributed by atoms with Gasteiger partial charge in [-0.15, -0.1) is 11.3 Å². The molecule has 1 aromatic heterocycles. The van der Waals surface area contributed by atoms with Crippen molar-refractivity contribution in [3.63, 3.8) is 0 Å². The van der Waals surface area contributed by atoms with E-state index in [4.69, 9.17) is 23.7 Å². The molecule has 0 aliphatic rings. The maximum Gasteiger partial charge on any atom is 0.250 e. The Labute approximate surface area is 190 Å². The van der Waals surface area contributed by atoms with Crippen molar-refractivity contribution in [2.45, 2.75) is 0 Å². The van der Waals surface area contributed by atoms with Crippen LogP contribution in [0.1, 0.15) is 5.56 Å². The van der Waals surface area contributed by atoms with Gasteiger partial charge in [-0.05, 0) is 42.0 Å². The molecule has 32 heavy (non-hydrogen) atoms. The summed E-state index contributed by atoms with van der Waals surface area (Å²) >= 11 is 1.31. The average Bonchev–Trinajstić information content (AvgIpc) is 3.29. The Kier molecular flexibility index (Phi) is 7.56. The topological polar surface area (TPSA) is 88.1 Å². The van der Waals surface area contributed by atoms with E-state index in [0.717, 1.165) is 11.1 Å². The van der Waals surface area contributed by atoms with Gasteiger partial charge in [0.05, 0.1) is 41.2 Å². The van der Waals surface area contributed by atoms with Gasteiger partial charge in [0.25, 0.3) is 0 Å². The van der Waals surface area contributed by atoms with Gasteiger partial charge >= 0.3 is 0 Å². The van der Waals surface area contributed by atoms with E-state index in [0.29, 0.717) is 39.6 Å². The Bertz CT molecular complexity index is 1100. The van der Waals surface area contributed by atoms with Gasteiger partial charge in [0.1, 0.15) is 11.5 Å². The number of carbonyl (C=O) groups excluding carboxylic acids is 1. The van der Waals surface area contributed by atoms with Crippen LogP contribution >= 0.6 is 11.3 Å². The molecule has 1 heterocycles. The Morgan fingerprint density at radius 2 is 1.59 bits per heavy atom. The van der Waals surface area contributed by atoms with Crippen molar-refractivity contribution >= 4 is 28.5 Å². The van der Waals surface area contributed by atoms with Crippen LogP contribution in [0.4, 0.5) is 5.13 Å². The lowest BCUT2D eigenvalue weighted by Crippen LogP contribution is -2.07. The van der Waals surface area contributed by atoms with Crippen LogP contribution in [0.25, 0.3) is 17.3 Å². The quantitative estimate of drug-likeness (QED) is 0.474. The molecule has 2 aromatic carbocycles. The van der Waals surface area contributed by atoms with E-state index in [9.17, 15) is 4.79 Å². The van der Waals surface area contributed by atoms with Crippen LogP contribution in [-0.2, 0) is 4.79 Å². The minimum atomic E-state index is -0.322. The number of thiazole rings is 1. The third-order valence-corrected chi connectivity index (χ3v) is 5.29. The van der Waals surface area contributed by atoms with Crippen molar-refractivity contribution in [2.75, 3.05) is 40.9 Å². The second-order valence-corrected chi connectivity index (χ2v) is 7.24. The SMILES string of the molecule is COc1ccc(OC)c(-c2csc(NC(=O)/C=C/c3cc(OC)c(OC)c(OC)c3)n2)c1. The first-order valence-corrected chi connectivity index (χ1v) is 10.4. The number of benzene rings is 2. The number of ether oxygens (including phenoxy) is 5. The number of amides is 1. The Balaban J connectivity index is 1.76. The van der Waals surface area contributed by atoms with E-state index in [1.165, 1.54) is 38.7 Å². The van der Waals surface area contributed by atoms with Crippen molar-refractivity contribution in [1.82, 2.24) is 4.98 Å². The van der Waals surface area contributed by atoms with Crippen LogP contribution in [0.5, 0.6) is 28.7 Å². The number of rotatable bonds is 9. The highest BCUT2D eigenvalue weighted by molar-refractivity contribution is 7.14. The number of nitrogens with zero attached hydrogens (tertiary/aromatic N) is 1. The minimum absolute atomic E-state index is 0.322. The van der Waals surface area contributed by atoms with Gasteiger partial charge in [0, 0.05) is 17.0 Å². The minimum Gasteiger partial charge on any atom is -0.497 e. The lowest BCUT2D eigenvalue weighted by Gasteiger charge is -2.12. The molecule has 1 N–H and O–H groups in total. The normalized spacial score (nSPS) is 10.7. The summed E-state index contributed by atoms with van der Waals surface area (Å²) in [7, 11) is 7.80. The standard InChI is InChI=1S/C23H24N2O6S/c1-27-15-7-8-18(28-2)16(12-15)17-13-32-23(24-17)25-21(26)9-6-14-10-19(29-3)22(31-5)20(11-14)30-4/h6-13H,1-5H3,(H,24,25,26)/b9-6+. The van der Waals surface area contributed by atoms with E-state index in [1.54, 1.807) is 32.4 Å². The molecular formula is C23H24N2O6S. The molecule has 1 amide bonds. The summed E-state index contributed by atoms with van der Waals surface area (Å²) in [4.78, 5) is 16.9. The molecule has 0 aliphatic carbocycles. The monoisotopic (exact) mass is 456 g/mol. The number of hydrogen-bond donors (Lipinski definition) is 1. The Hall–Kier alpha value is -3.72. The molecule has 9 heteroatoms. The van der Waals surface area contributed by atoms with Gasteiger partial charge in [0.15, 0.2) is 16.6 Å². The van der Waals surface area contributed by atoms with Gasteiger partial charge in [0.2, 0.25) is 11.7 Å². The van der Waals surface area contributed by atoms with Gasteiger partial charge < -0.3 is 23.7 Å². The molecule has 0 atom stereocenters. The maximum absolute atomic E-state index is 12.4. The fourth-order valence-electron chi connectivity index (χ4n) is 2.99. The molecule has 0 saturated heterocycles. The number of carbonyl (C=O) groups is 1. The van der Waals surface area contributed by atoms with Crippen LogP contribution in [-0.4, -0.2) is 46.4 Å². The number of methoxy groups -OCH3 is 5. The molecule has 3 aromatic rings. The summed E-state index contributed by atoms with van der Waals surface area (Å²) in [6, 6.07) is 8.96. The first kappa shape index (κ1) is 23.0. The van der Waals surface area contributed by atoms with E-state index in [1.807, 2.05) is 23.6 Å². The van der Waals surface area contributed by atoms with E-state index < -0.39 is 0 Å². The summed E-state index contributed by atoms with van der Waals surface area (Å²) in [6.07, 6.45) is 3.06. The summed E-state index contributed by atoms with van der Waals surface area (Å²) < 4.78 is 26.7. The summed E-state index contributed by atoms with van der Waals surface area (Å²) in [5.41, 5.74) is 2.17. The predicted octanol–water partition coefficient (Wildman–Crippen LogP) is 4.51. The fraction of sp³-hybridized carbons (Fsp3) is 0.217. The van der Waals surface area contributed by atoms with Crippen molar-refractivity contribution < 1.29 is 28.5 Å². The summed E-state index contributed by atoms with van der Waals surface area (Å²) in [5.74, 6) is 2.52. The largest absolute Gasteiger partial charge is 0.497 e. The van der Waals surface area contributed by atoms with Crippen LogP contribution in [0.2, 0.25) is 0 Å². The molecule has 168 valence electrons. The highest BCUT2D eigenvalue weighted by Crippen LogP contribution is 2.38. The van der Waals surface area contributed by atoms with Crippen LogP contribution < -0.4 is 29.0 Å². The smallest absolute Gasteiger partial charge is 0.250 e. The highest BCUT2D eigenvalue weighted by atomic mass is 32.1. The van der Waals surface area contributed by atoms with Gasteiger partial charge in [-0.25, -0.2) is 4.98 Å². The van der Waals surface area contributed by atoms with Crippen LogP contribution in [0.15, 0.2) is 41.8 Å². The highest BCUT2D eigenvalue weighted by Gasteiger charge is 2.14. The number of aromatic nitrogens is 1. The zero-order chi connectivity index (χ0) is 23.1. The second kappa shape index (κ2) is 10.5. The van der Waals surface area contributed by atoms with Crippen LogP contribution in [0.3, 0.4) is 0 Å². The zero-order valence-corrected chi connectivity index (χ0v) is 19.2. The van der Waals surface area contributed by atoms with Crippen molar-refractivity contribution in [3.05, 3.63) is 47.4 Å². The predicted molar refractivity (Wildman–Crippen MR) is 124 cm³/mol. The molecule has 0 unspecified atom stereocenters. The molecule has 0 spiro atoms. The summed E-state index contributed by atoms with van der Waals surface area (Å²) in [5, 5.41) is 5.08. The molecule has 0 bridgehead atoms. The maximum atomic E-state index is 12.4. The molecule has 0 fully saturated rings. The molecular weight excluding hydrogens is 432 g/mol. The first-order valence-electron chi connectivity index (χ1n) is 9.50. The molecule has 8 nitrogen and oxygen atoms in total.